The van der Waals surface area contributed by atoms with Crippen LogP contribution in [0.2, 0.25) is 0 Å². The maximum absolute atomic E-state index is 6.19. The molecule has 1 aromatic rings. The van der Waals surface area contributed by atoms with Crippen LogP contribution >= 0.6 is 0 Å². The number of nitrogens with zero attached hydrogens (tertiary/aromatic N) is 1. The fraction of sp³-hybridized carbons (Fsp3) is 0.667. The zero-order valence-corrected chi connectivity index (χ0v) is 13.0. The van der Waals surface area contributed by atoms with Crippen LogP contribution in [0.1, 0.15) is 50.5 Å². The SMILES string of the molecule is CN(CCc1ccccc1)C1(CN)CCCCCCC1. The molecule has 0 spiro atoms. The van der Waals surface area contributed by atoms with E-state index in [2.05, 4.69) is 42.3 Å². The first-order valence-electron chi connectivity index (χ1n) is 8.22. The first-order valence-corrected chi connectivity index (χ1v) is 8.22. The van der Waals surface area contributed by atoms with E-state index in [1.807, 2.05) is 0 Å². The van der Waals surface area contributed by atoms with Crippen molar-refractivity contribution in [2.24, 2.45) is 5.73 Å². The van der Waals surface area contributed by atoms with Gasteiger partial charge in [0.25, 0.3) is 0 Å². The Morgan fingerprint density at radius 1 is 1.00 bits per heavy atom. The second-order valence-corrected chi connectivity index (χ2v) is 6.35. The fourth-order valence-electron chi connectivity index (χ4n) is 3.48. The van der Waals surface area contributed by atoms with Gasteiger partial charge in [0.05, 0.1) is 0 Å². The minimum absolute atomic E-state index is 0.245. The van der Waals surface area contributed by atoms with Crippen molar-refractivity contribution in [3.8, 4) is 0 Å². The second-order valence-electron chi connectivity index (χ2n) is 6.35. The van der Waals surface area contributed by atoms with Crippen LogP contribution < -0.4 is 5.73 Å². The highest BCUT2D eigenvalue weighted by molar-refractivity contribution is 5.15. The number of likely N-dealkylation sites (N-methyl/N-ethyl adjacent to an activating group) is 1. The van der Waals surface area contributed by atoms with E-state index in [1.165, 1.54) is 50.5 Å². The Balaban J connectivity index is 1.94. The lowest BCUT2D eigenvalue weighted by Crippen LogP contribution is -2.53. The van der Waals surface area contributed by atoms with Crippen LogP contribution in [0.3, 0.4) is 0 Å². The molecule has 0 atom stereocenters. The van der Waals surface area contributed by atoms with E-state index in [-0.39, 0.29) is 5.54 Å². The minimum atomic E-state index is 0.245. The highest BCUT2D eigenvalue weighted by Gasteiger charge is 2.32. The molecule has 2 N–H and O–H groups in total. The molecule has 1 saturated carbocycles. The van der Waals surface area contributed by atoms with Crippen molar-refractivity contribution in [1.29, 1.82) is 0 Å². The number of nitrogens with two attached hydrogens (primary N) is 1. The van der Waals surface area contributed by atoms with E-state index in [9.17, 15) is 0 Å². The van der Waals surface area contributed by atoms with E-state index in [1.54, 1.807) is 0 Å². The molecule has 1 fully saturated rings. The molecule has 1 aliphatic carbocycles. The van der Waals surface area contributed by atoms with E-state index in [0.29, 0.717) is 0 Å². The highest BCUT2D eigenvalue weighted by Crippen LogP contribution is 2.30. The lowest BCUT2D eigenvalue weighted by atomic mass is 9.82. The van der Waals surface area contributed by atoms with E-state index in [0.717, 1.165) is 19.5 Å². The van der Waals surface area contributed by atoms with Crippen molar-refractivity contribution in [3.63, 3.8) is 0 Å². The zero-order valence-electron chi connectivity index (χ0n) is 13.0. The van der Waals surface area contributed by atoms with Gasteiger partial charge in [-0.3, -0.25) is 4.90 Å². The Labute approximate surface area is 124 Å². The average molecular weight is 274 g/mol. The fourth-order valence-corrected chi connectivity index (χ4v) is 3.48. The summed E-state index contributed by atoms with van der Waals surface area (Å²) < 4.78 is 0. The minimum Gasteiger partial charge on any atom is -0.329 e. The second kappa shape index (κ2) is 7.80. The van der Waals surface area contributed by atoms with Gasteiger partial charge in [-0.25, -0.2) is 0 Å². The third-order valence-corrected chi connectivity index (χ3v) is 5.05. The standard InChI is InChI=1S/C18H30N2/c1-20(15-12-17-10-6-5-7-11-17)18(16-19)13-8-3-2-4-9-14-18/h5-7,10-11H,2-4,8-9,12-16,19H2,1H3. The molecule has 1 aromatic carbocycles. The zero-order chi connectivity index (χ0) is 14.3. The Morgan fingerprint density at radius 2 is 1.60 bits per heavy atom. The summed E-state index contributed by atoms with van der Waals surface area (Å²) in [7, 11) is 2.28. The normalized spacial score (nSPS) is 19.6. The Hall–Kier alpha value is -0.860. The summed E-state index contributed by atoms with van der Waals surface area (Å²) in [4.78, 5) is 2.55. The van der Waals surface area contributed by atoms with Gasteiger partial charge < -0.3 is 5.73 Å². The summed E-state index contributed by atoms with van der Waals surface area (Å²) in [6.45, 7) is 1.92. The molecule has 0 radical (unpaired) electrons. The van der Waals surface area contributed by atoms with Crippen molar-refractivity contribution in [1.82, 2.24) is 4.90 Å². The summed E-state index contributed by atoms with van der Waals surface area (Å²) in [6, 6.07) is 10.8. The van der Waals surface area contributed by atoms with Gasteiger partial charge in [0, 0.05) is 18.6 Å². The molecule has 112 valence electrons. The predicted molar refractivity (Wildman–Crippen MR) is 86.9 cm³/mol. The quantitative estimate of drug-likeness (QED) is 0.889. The van der Waals surface area contributed by atoms with Crippen LogP contribution in [0.5, 0.6) is 0 Å². The Morgan fingerprint density at radius 3 is 2.20 bits per heavy atom. The molecule has 0 bridgehead atoms. The van der Waals surface area contributed by atoms with Crippen molar-refractivity contribution < 1.29 is 0 Å². The molecule has 0 unspecified atom stereocenters. The predicted octanol–water partition coefficient (Wildman–Crippen LogP) is 3.60. The molecule has 2 rings (SSSR count). The van der Waals surface area contributed by atoms with Gasteiger partial charge in [-0.1, -0.05) is 62.4 Å². The maximum atomic E-state index is 6.19. The van der Waals surface area contributed by atoms with Crippen LogP contribution in [0.4, 0.5) is 0 Å². The van der Waals surface area contributed by atoms with Crippen LogP contribution in [0.15, 0.2) is 30.3 Å². The van der Waals surface area contributed by atoms with Crippen LogP contribution in [0.25, 0.3) is 0 Å². The lowest BCUT2D eigenvalue weighted by Gasteiger charge is -2.43. The largest absolute Gasteiger partial charge is 0.329 e. The van der Waals surface area contributed by atoms with E-state index < -0.39 is 0 Å². The third kappa shape index (κ3) is 4.07. The third-order valence-electron chi connectivity index (χ3n) is 5.05. The van der Waals surface area contributed by atoms with Crippen LogP contribution in [-0.4, -0.2) is 30.6 Å². The van der Waals surface area contributed by atoms with Gasteiger partial charge in [-0.2, -0.15) is 0 Å². The average Bonchev–Trinajstić information content (AvgIpc) is 2.46. The molecule has 0 aliphatic heterocycles. The summed E-state index contributed by atoms with van der Waals surface area (Å²) in [6.07, 6.45) is 10.5. The van der Waals surface area contributed by atoms with Crippen molar-refractivity contribution >= 4 is 0 Å². The first-order chi connectivity index (χ1) is 9.77. The van der Waals surface area contributed by atoms with Gasteiger partial charge in [0.1, 0.15) is 0 Å². The Bertz CT molecular complexity index is 366. The molecule has 1 aliphatic rings. The van der Waals surface area contributed by atoms with Crippen molar-refractivity contribution in [2.75, 3.05) is 20.1 Å². The monoisotopic (exact) mass is 274 g/mol. The topological polar surface area (TPSA) is 29.3 Å². The van der Waals surface area contributed by atoms with E-state index in [4.69, 9.17) is 5.73 Å². The Kier molecular flexibility index (Phi) is 6.06. The summed E-state index contributed by atoms with van der Waals surface area (Å²) in [5.74, 6) is 0. The molecule has 0 heterocycles. The van der Waals surface area contributed by atoms with Crippen LogP contribution in [0, 0.1) is 0 Å². The van der Waals surface area contributed by atoms with Gasteiger partial charge in [0.2, 0.25) is 0 Å². The van der Waals surface area contributed by atoms with Gasteiger partial charge >= 0.3 is 0 Å². The molecule has 2 heteroatoms. The summed E-state index contributed by atoms with van der Waals surface area (Å²) in [5, 5.41) is 0. The van der Waals surface area contributed by atoms with E-state index >= 15 is 0 Å². The summed E-state index contributed by atoms with van der Waals surface area (Å²) in [5.41, 5.74) is 7.86. The number of benzene rings is 1. The van der Waals surface area contributed by atoms with Gasteiger partial charge in [-0.15, -0.1) is 0 Å². The number of hydrogen-bond donors (Lipinski definition) is 1. The smallest absolute Gasteiger partial charge is 0.0328 e. The molecule has 2 nitrogen and oxygen atoms in total. The maximum Gasteiger partial charge on any atom is 0.0328 e. The molecular formula is C18H30N2. The highest BCUT2D eigenvalue weighted by atomic mass is 15.2. The molecular weight excluding hydrogens is 244 g/mol. The first kappa shape index (κ1) is 15.5. The summed E-state index contributed by atoms with van der Waals surface area (Å²) >= 11 is 0. The molecule has 20 heavy (non-hydrogen) atoms. The van der Waals surface area contributed by atoms with Crippen LogP contribution in [-0.2, 0) is 6.42 Å². The van der Waals surface area contributed by atoms with Gasteiger partial charge in [0.15, 0.2) is 0 Å². The number of hydrogen-bond acceptors (Lipinski definition) is 2. The molecule has 0 saturated heterocycles. The number of rotatable bonds is 5. The van der Waals surface area contributed by atoms with Crippen molar-refractivity contribution in [3.05, 3.63) is 35.9 Å². The van der Waals surface area contributed by atoms with Crippen molar-refractivity contribution in [2.45, 2.75) is 56.9 Å². The molecule has 0 amide bonds. The molecule has 0 aromatic heterocycles. The lowest BCUT2D eigenvalue weighted by molar-refractivity contribution is 0.0948. The van der Waals surface area contributed by atoms with Gasteiger partial charge in [-0.05, 0) is 31.9 Å².